The summed E-state index contributed by atoms with van der Waals surface area (Å²) in [5.74, 6) is 0.117. The number of likely N-dealkylation sites (N-methyl/N-ethyl adjacent to an activating group) is 1. The van der Waals surface area contributed by atoms with E-state index in [4.69, 9.17) is 5.11 Å². The molecule has 0 spiro atoms. The summed E-state index contributed by atoms with van der Waals surface area (Å²) >= 11 is 0. The fourth-order valence-corrected chi connectivity index (χ4v) is 2.12. The highest BCUT2D eigenvalue weighted by molar-refractivity contribution is 5.73. The van der Waals surface area contributed by atoms with Crippen LogP contribution in [0.25, 0.3) is 0 Å². The second kappa shape index (κ2) is 6.86. The van der Waals surface area contributed by atoms with Crippen molar-refractivity contribution < 1.29 is 9.90 Å². The number of carboxylic acid groups (broad SMARTS) is 1. The molecule has 4 heteroatoms. The number of hydrogen-bond donors (Lipinski definition) is 2. The third-order valence-corrected chi connectivity index (χ3v) is 3.34. The van der Waals surface area contributed by atoms with Gasteiger partial charge in [0.1, 0.15) is 6.04 Å². The summed E-state index contributed by atoms with van der Waals surface area (Å²) in [6.07, 6.45) is 4.75. The molecule has 0 radical (unpaired) electrons. The van der Waals surface area contributed by atoms with Crippen molar-refractivity contribution in [3.8, 4) is 0 Å². The summed E-state index contributed by atoms with van der Waals surface area (Å²) in [4.78, 5) is 13.2. The first-order valence-corrected chi connectivity index (χ1v) is 6.28. The average molecular weight is 228 g/mol. The average Bonchev–Trinajstić information content (AvgIpc) is 2.17. The Morgan fingerprint density at radius 1 is 1.56 bits per heavy atom. The van der Waals surface area contributed by atoms with Crippen molar-refractivity contribution >= 4 is 5.97 Å². The van der Waals surface area contributed by atoms with E-state index in [1.54, 1.807) is 0 Å². The molecular formula is C12H24N2O2. The molecule has 1 aliphatic carbocycles. The summed E-state index contributed by atoms with van der Waals surface area (Å²) < 4.78 is 0. The highest BCUT2D eigenvalue weighted by atomic mass is 16.4. The van der Waals surface area contributed by atoms with Crippen molar-refractivity contribution in [3.05, 3.63) is 0 Å². The molecule has 1 saturated carbocycles. The normalized spacial score (nSPS) is 18.4. The minimum absolute atomic E-state index is 0.395. The fourth-order valence-electron chi connectivity index (χ4n) is 2.12. The SMILES string of the molecule is CCNC(CCN(C)CC1CCC1)C(=O)O. The van der Waals surface area contributed by atoms with Crippen LogP contribution in [0.4, 0.5) is 0 Å². The molecule has 0 saturated heterocycles. The van der Waals surface area contributed by atoms with Gasteiger partial charge in [-0.1, -0.05) is 13.3 Å². The predicted molar refractivity (Wildman–Crippen MR) is 64.6 cm³/mol. The number of aliphatic carboxylic acids is 1. The van der Waals surface area contributed by atoms with Gasteiger partial charge in [0.25, 0.3) is 0 Å². The number of carboxylic acids is 1. The number of carbonyl (C=O) groups is 1. The molecule has 0 aliphatic heterocycles. The van der Waals surface area contributed by atoms with E-state index in [0.717, 1.165) is 19.0 Å². The van der Waals surface area contributed by atoms with E-state index in [9.17, 15) is 4.79 Å². The number of rotatable bonds is 8. The molecule has 1 fully saturated rings. The van der Waals surface area contributed by atoms with Crippen molar-refractivity contribution in [1.82, 2.24) is 10.2 Å². The Bertz CT molecular complexity index is 217. The summed E-state index contributed by atoms with van der Waals surface area (Å²) in [5, 5.41) is 12.0. The van der Waals surface area contributed by atoms with Gasteiger partial charge in [-0.25, -0.2) is 0 Å². The van der Waals surface area contributed by atoms with Crippen molar-refractivity contribution in [2.45, 2.75) is 38.6 Å². The monoisotopic (exact) mass is 228 g/mol. The van der Waals surface area contributed by atoms with Gasteiger partial charge in [-0.15, -0.1) is 0 Å². The van der Waals surface area contributed by atoms with Crippen LogP contribution in [0.2, 0.25) is 0 Å². The van der Waals surface area contributed by atoms with Gasteiger partial charge < -0.3 is 15.3 Å². The first kappa shape index (κ1) is 13.5. The molecule has 0 heterocycles. The summed E-state index contributed by atoms with van der Waals surface area (Å²) in [7, 11) is 2.09. The lowest BCUT2D eigenvalue weighted by atomic mass is 9.85. The van der Waals surface area contributed by atoms with Crippen LogP contribution in [-0.4, -0.2) is 48.7 Å². The Balaban J connectivity index is 2.16. The smallest absolute Gasteiger partial charge is 0.320 e. The zero-order valence-corrected chi connectivity index (χ0v) is 10.4. The zero-order chi connectivity index (χ0) is 12.0. The predicted octanol–water partition coefficient (Wildman–Crippen LogP) is 1.17. The molecule has 1 rings (SSSR count). The van der Waals surface area contributed by atoms with Gasteiger partial charge in [-0.2, -0.15) is 0 Å². The molecule has 0 aromatic heterocycles. The standard InChI is InChI=1S/C12H24N2O2/c1-3-13-11(12(15)16)7-8-14(2)9-10-5-4-6-10/h10-11,13H,3-9H2,1-2H3,(H,15,16). The van der Waals surface area contributed by atoms with E-state index < -0.39 is 12.0 Å². The van der Waals surface area contributed by atoms with Crippen molar-refractivity contribution in [2.24, 2.45) is 5.92 Å². The molecule has 1 atom stereocenters. The Morgan fingerprint density at radius 2 is 2.25 bits per heavy atom. The fraction of sp³-hybridized carbons (Fsp3) is 0.917. The quantitative estimate of drug-likeness (QED) is 0.655. The Labute approximate surface area is 98.0 Å². The van der Waals surface area contributed by atoms with E-state index in [0.29, 0.717) is 13.0 Å². The Morgan fingerprint density at radius 3 is 2.69 bits per heavy atom. The molecule has 2 N–H and O–H groups in total. The molecule has 0 aromatic rings. The summed E-state index contributed by atoms with van der Waals surface area (Å²) in [5.41, 5.74) is 0. The minimum atomic E-state index is -0.737. The van der Waals surface area contributed by atoms with Crippen molar-refractivity contribution in [1.29, 1.82) is 0 Å². The van der Waals surface area contributed by atoms with Gasteiger partial charge in [0.15, 0.2) is 0 Å². The van der Waals surface area contributed by atoms with Gasteiger partial charge in [0, 0.05) is 6.54 Å². The van der Waals surface area contributed by atoms with Crippen LogP contribution >= 0.6 is 0 Å². The number of nitrogens with zero attached hydrogens (tertiary/aromatic N) is 1. The lowest BCUT2D eigenvalue weighted by molar-refractivity contribution is -0.139. The van der Waals surface area contributed by atoms with Gasteiger partial charge in [-0.3, -0.25) is 4.79 Å². The topological polar surface area (TPSA) is 52.6 Å². The van der Waals surface area contributed by atoms with Crippen LogP contribution in [0.3, 0.4) is 0 Å². The molecule has 4 nitrogen and oxygen atoms in total. The van der Waals surface area contributed by atoms with E-state index >= 15 is 0 Å². The second-order valence-corrected chi connectivity index (χ2v) is 4.80. The molecule has 16 heavy (non-hydrogen) atoms. The first-order valence-electron chi connectivity index (χ1n) is 6.28. The molecule has 0 bridgehead atoms. The highest BCUT2D eigenvalue weighted by Gasteiger charge is 2.20. The molecule has 1 unspecified atom stereocenters. The Kier molecular flexibility index (Phi) is 5.77. The van der Waals surface area contributed by atoms with E-state index in [1.165, 1.54) is 19.3 Å². The minimum Gasteiger partial charge on any atom is -0.480 e. The molecular weight excluding hydrogens is 204 g/mol. The number of hydrogen-bond acceptors (Lipinski definition) is 3. The number of nitrogens with one attached hydrogen (secondary N) is 1. The second-order valence-electron chi connectivity index (χ2n) is 4.80. The van der Waals surface area contributed by atoms with Crippen LogP contribution < -0.4 is 5.32 Å². The van der Waals surface area contributed by atoms with Gasteiger partial charge in [-0.05, 0) is 45.3 Å². The van der Waals surface area contributed by atoms with Crippen LogP contribution in [0.15, 0.2) is 0 Å². The zero-order valence-electron chi connectivity index (χ0n) is 10.4. The summed E-state index contributed by atoms with van der Waals surface area (Å²) in [6, 6.07) is -0.395. The molecule has 94 valence electrons. The van der Waals surface area contributed by atoms with Crippen LogP contribution in [0.5, 0.6) is 0 Å². The van der Waals surface area contributed by atoms with E-state index in [1.807, 2.05) is 6.92 Å². The maximum absolute atomic E-state index is 10.9. The third-order valence-electron chi connectivity index (χ3n) is 3.34. The van der Waals surface area contributed by atoms with Crippen LogP contribution in [0.1, 0.15) is 32.6 Å². The van der Waals surface area contributed by atoms with Crippen LogP contribution in [-0.2, 0) is 4.79 Å². The van der Waals surface area contributed by atoms with Crippen molar-refractivity contribution in [2.75, 3.05) is 26.7 Å². The Hall–Kier alpha value is -0.610. The largest absolute Gasteiger partial charge is 0.480 e. The van der Waals surface area contributed by atoms with Gasteiger partial charge >= 0.3 is 5.97 Å². The maximum Gasteiger partial charge on any atom is 0.320 e. The molecule has 1 aliphatic rings. The van der Waals surface area contributed by atoms with E-state index in [2.05, 4.69) is 17.3 Å². The van der Waals surface area contributed by atoms with Gasteiger partial charge in [0.2, 0.25) is 0 Å². The first-order chi connectivity index (χ1) is 7.63. The van der Waals surface area contributed by atoms with E-state index in [-0.39, 0.29) is 0 Å². The molecule has 0 aromatic carbocycles. The summed E-state index contributed by atoms with van der Waals surface area (Å²) in [6.45, 7) is 4.64. The highest BCUT2D eigenvalue weighted by Crippen LogP contribution is 2.26. The lowest BCUT2D eigenvalue weighted by Crippen LogP contribution is -2.40. The maximum atomic E-state index is 10.9. The lowest BCUT2D eigenvalue weighted by Gasteiger charge is -2.30. The van der Waals surface area contributed by atoms with Gasteiger partial charge in [0.05, 0.1) is 0 Å². The van der Waals surface area contributed by atoms with Crippen molar-refractivity contribution in [3.63, 3.8) is 0 Å². The molecule has 0 amide bonds. The third kappa shape index (κ3) is 4.49. The van der Waals surface area contributed by atoms with Crippen LogP contribution in [0, 0.1) is 5.92 Å².